The lowest BCUT2D eigenvalue weighted by Gasteiger charge is -2.09. The van der Waals surface area contributed by atoms with E-state index in [0.717, 1.165) is 0 Å². The second-order valence-corrected chi connectivity index (χ2v) is 6.72. The Morgan fingerprint density at radius 2 is 2.33 bits per heavy atom. The molecule has 2 aliphatic carbocycles. The van der Waals surface area contributed by atoms with E-state index in [2.05, 4.69) is 11.4 Å². The lowest BCUT2D eigenvalue weighted by molar-refractivity contribution is -0.121. The molecule has 0 aromatic carbocycles. The molecule has 18 heavy (non-hydrogen) atoms. The van der Waals surface area contributed by atoms with Gasteiger partial charge in [0.1, 0.15) is 0 Å². The van der Waals surface area contributed by atoms with E-state index < -0.39 is 0 Å². The molecule has 98 valence electrons. The Morgan fingerprint density at radius 3 is 3.06 bits per heavy atom. The highest BCUT2D eigenvalue weighted by Crippen LogP contribution is 2.33. The zero-order valence-corrected chi connectivity index (χ0v) is 11.4. The maximum atomic E-state index is 11.7. The molecule has 1 aromatic heterocycles. The maximum absolute atomic E-state index is 11.7. The highest BCUT2D eigenvalue weighted by Gasteiger charge is 2.29. The van der Waals surface area contributed by atoms with Gasteiger partial charge in [-0.1, -0.05) is 0 Å². The van der Waals surface area contributed by atoms with Crippen LogP contribution in [0.25, 0.3) is 0 Å². The average Bonchev–Trinajstić information content (AvgIpc) is 2.98. The number of thiophene rings is 1. The number of aryl methyl sites for hydroxylation is 2. The third-order valence-electron chi connectivity index (χ3n) is 3.91. The molecule has 1 fully saturated rings. The van der Waals surface area contributed by atoms with Crippen molar-refractivity contribution in [1.82, 2.24) is 5.32 Å². The summed E-state index contributed by atoms with van der Waals surface area (Å²) in [5.74, 6) is 0.698. The fourth-order valence-electron chi connectivity index (χ4n) is 2.64. The minimum absolute atomic E-state index is 0.0679. The number of nitrogens with one attached hydrogen (secondary N) is 1. The highest BCUT2D eigenvalue weighted by molar-refractivity contribution is 7.12. The Morgan fingerprint density at radius 1 is 1.50 bits per heavy atom. The van der Waals surface area contributed by atoms with E-state index in [1.54, 1.807) is 0 Å². The SMILES string of the molecule is NC(CC(=O)NCc1cc2c(s1)CCC2)C1CC1. The van der Waals surface area contributed by atoms with Crippen LogP contribution in [0.3, 0.4) is 0 Å². The van der Waals surface area contributed by atoms with E-state index in [1.807, 2.05) is 11.3 Å². The number of amides is 1. The summed E-state index contributed by atoms with van der Waals surface area (Å²) in [4.78, 5) is 14.6. The summed E-state index contributed by atoms with van der Waals surface area (Å²) < 4.78 is 0. The number of fused-ring (bicyclic) bond motifs is 1. The zero-order chi connectivity index (χ0) is 12.5. The van der Waals surface area contributed by atoms with Gasteiger partial charge in [0, 0.05) is 22.2 Å². The molecule has 4 heteroatoms. The smallest absolute Gasteiger partial charge is 0.221 e. The van der Waals surface area contributed by atoms with Gasteiger partial charge in [0.25, 0.3) is 0 Å². The Balaban J connectivity index is 1.46. The minimum atomic E-state index is 0.0679. The maximum Gasteiger partial charge on any atom is 0.221 e. The van der Waals surface area contributed by atoms with Gasteiger partial charge in [-0.3, -0.25) is 4.79 Å². The van der Waals surface area contributed by atoms with Crippen molar-refractivity contribution in [1.29, 1.82) is 0 Å². The molecule has 1 amide bonds. The van der Waals surface area contributed by atoms with Crippen LogP contribution in [0.1, 0.15) is 41.0 Å². The first-order chi connectivity index (χ1) is 8.72. The van der Waals surface area contributed by atoms with Crippen molar-refractivity contribution in [2.45, 2.75) is 51.1 Å². The lowest BCUT2D eigenvalue weighted by Crippen LogP contribution is -2.32. The quantitative estimate of drug-likeness (QED) is 0.854. The molecule has 1 heterocycles. The highest BCUT2D eigenvalue weighted by atomic mass is 32.1. The van der Waals surface area contributed by atoms with Crippen LogP contribution in [0.5, 0.6) is 0 Å². The van der Waals surface area contributed by atoms with Crippen LogP contribution < -0.4 is 11.1 Å². The van der Waals surface area contributed by atoms with Gasteiger partial charge in [-0.15, -0.1) is 11.3 Å². The van der Waals surface area contributed by atoms with E-state index in [-0.39, 0.29) is 11.9 Å². The molecular formula is C14H20N2OS. The Kier molecular flexibility index (Phi) is 3.39. The number of hydrogen-bond acceptors (Lipinski definition) is 3. The molecule has 3 N–H and O–H groups in total. The average molecular weight is 264 g/mol. The van der Waals surface area contributed by atoms with E-state index in [0.29, 0.717) is 18.9 Å². The number of rotatable bonds is 5. The summed E-state index contributed by atoms with van der Waals surface area (Å²) in [6, 6.07) is 2.33. The van der Waals surface area contributed by atoms with Crippen molar-refractivity contribution in [2.75, 3.05) is 0 Å². The van der Waals surface area contributed by atoms with Gasteiger partial charge in [-0.2, -0.15) is 0 Å². The van der Waals surface area contributed by atoms with Crippen LogP contribution in [0.15, 0.2) is 6.07 Å². The second kappa shape index (κ2) is 5.02. The molecule has 1 atom stereocenters. The van der Waals surface area contributed by atoms with Crippen LogP contribution in [0.4, 0.5) is 0 Å². The third-order valence-corrected chi connectivity index (χ3v) is 5.14. The summed E-state index contributed by atoms with van der Waals surface area (Å²) in [6.07, 6.45) is 6.62. The molecule has 3 rings (SSSR count). The molecule has 0 spiro atoms. The van der Waals surface area contributed by atoms with Crippen molar-refractivity contribution in [3.8, 4) is 0 Å². The summed E-state index contributed by atoms with van der Waals surface area (Å²) in [5, 5.41) is 2.99. The van der Waals surface area contributed by atoms with Gasteiger partial charge in [-0.25, -0.2) is 0 Å². The lowest BCUT2D eigenvalue weighted by atomic mass is 10.1. The van der Waals surface area contributed by atoms with Crippen molar-refractivity contribution in [3.05, 3.63) is 21.4 Å². The molecule has 1 unspecified atom stereocenters. The molecular weight excluding hydrogens is 244 g/mol. The first-order valence-corrected chi connectivity index (χ1v) is 7.67. The molecule has 0 radical (unpaired) electrons. The molecule has 1 saturated carbocycles. The predicted molar refractivity (Wildman–Crippen MR) is 73.5 cm³/mol. The Hall–Kier alpha value is -0.870. The molecule has 0 aliphatic heterocycles. The van der Waals surface area contributed by atoms with Crippen LogP contribution in [0.2, 0.25) is 0 Å². The summed E-state index contributed by atoms with van der Waals surface area (Å²) in [7, 11) is 0. The van der Waals surface area contributed by atoms with E-state index in [9.17, 15) is 4.79 Å². The monoisotopic (exact) mass is 264 g/mol. The second-order valence-electron chi connectivity index (χ2n) is 5.50. The number of carbonyl (C=O) groups is 1. The largest absolute Gasteiger partial charge is 0.351 e. The molecule has 0 saturated heterocycles. The van der Waals surface area contributed by atoms with Gasteiger partial charge in [0.2, 0.25) is 5.91 Å². The zero-order valence-electron chi connectivity index (χ0n) is 10.6. The molecule has 3 nitrogen and oxygen atoms in total. The van der Waals surface area contributed by atoms with Crippen molar-refractivity contribution in [3.63, 3.8) is 0 Å². The van der Waals surface area contributed by atoms with Gasteiger partial charge in [0.15, 0.2) is 0 Å². The van der Waals surface area contributed by atoms with Crippen molar-refractivity contribution >= 4 is 17.2 Å². The molecule has 0 bridgehead atoms. The van der Waals surface area contributed by atoms with E-state index >= 15 is 0 Å². The van der Waals surface area contributed by atoms with Crippen LogP contribution in [0, 0.1) is 5.92 Å². The first-order valence-electron chi connectivity index (χ1n) is 6.85. The Bertz CT molecular complexity index is 429. The standard InChI is InChI=1S/C14H20N2OS/c15-12(9-4-5-9)7-14(17)16-8-11-6-10-2-1-3-13(10)18-11/h6,9,12H,1-5,7-8,15H2,(H,16,17). The summed E-state index contributed by atoms with van der Waals surface area (Å²) in [5.41, 5.74) is 7.45. The predicted octanol–water partition coefficient (Wildman–Crippen LogP) is 1.98. The van der Waals surface area contributed by atoms with Crippen LogP contribution >= 0.6 is 11.3 Å². The minimum Gasteiger partial charge on any atom is -0.351 e. The van der Waals surface area contributed by atoms with Crippen molar-refractivity contribution < 1.29 is 4.79 Å². The van der Waals surface area contributed by atoms with Gasteiger partial charge >= 0.3 is 0 Å². The third kappa shape index (κ3) is 2.75. The number of hydrogen-bond donors (Lipinski definition) is 2. The normalized spacial score (nSPS) is 19.6. The fourth-order valence-corrected chi connectivity index (χ4v) is 3.84. The fraction of sp³-hybridized carbons (Fsp3) is 0.643. The molecule has 2 aliphatic rings. The van der Waals surface area contributed by atoms with Gasteiger partial charge < -0.3 is 11.1 Å². The summed E-state index contributed by atoms with van der Waals surface area (Å²) in [6.45, 7) is 0.674. The van der Waals surface area contributed by atoms with Crippen LogP contribution in [-0.2, 0) is 24.2 Å². The van der Waals surface area contributed by atoms with Crippen molar-refractivity contribution in [2.24, 2.45) is 11.7 Å². The molecule has 1 aromatic rings. The van der Waals surface area contributed by atoms with E-state index in [4.69, 9.17) is 5.73 Å². The van der Waals surface area contributed by atoms with E-state index in [1.165, 1.54) is 47.4 Å². The first kappa shape index (κ1) is 12.2. The number of carbonyl (C=O) groups excluding carboxylic acids is 1. The number of nitrogens with two attached hydrogens (primary N) is 1. The Labute approximate surface area is 112 Å². The van der Waals surface area contributed by atoms with Crippen LogP contribution in [-0.4, -0.2) is 11.9 Å². The topological polar surface area (TPSA) is 55.1 Å². The van der Waals surface area contributed by atoms with Gasteiger partial charge in [0.05, 0.1) is 6.54 Å². The van der Waals surface area contributed by atoms with Gasteiger partial charge in [-0.05, 0) is 49.7 Å². The summed E-state index contributed by atoms with van der Waals surface area (Å²) >= 11 is 1.86.